The fourth-order valence-electron chi connectivity index (χ4n) is 2.96. The first kappa shape index (κ1) is 28.5. The predicted octanol–water partition coefficient (Wildman–Crippen LogP) is 7.60. The average Bonchev–Trinajstić information content (AvgIpc) is 2.64. The van der Waals surface area contributed by atoms with Crippen molar-refractivity contribution in [1.29, 1.82) is 0 Å². The SMILES string of the molecule is CCCCCCN(C(=S)SCCSC(=S)N(CCCCCC)C(C)C)C(C)C. The summed E-state index contributed by atoms with van der Waals surface area (Å²) in [4.78, 5) is 4.79. The Balaban J connectivity index is 4.22. The Kier molecular flexibility index (Phi) is 18.6. The van der Waals surface area contributed by atoms with E-state index in [9.17, 15) is 0 Å². The maximum absolute atomic E-state index is 5.72. The first-order valence-corrected chi connectivity index (χ1v) is 14.0. The Morgan fingerprint density at radius 2 is 1.00 bits per heavy atom. The van der Waals surface area contributed by atoms with Crippen molar-refractivity contribution in [2.24, 2.45) is 0 Å². The quantitative estimate of drug-likeness (QED) is 0.180. The maximum Gasteiger partial charge on any atom is 0.136 e. The van der Waals surface area contributed by atoms with Gasteiger partial charge in [-0.2, -0.15) is 0 Å². The van der Waals surface area contributed by atoms with Gasteiger partial charge in [0.05, 0.1) is 0 Å². The fraction of sp³-hybridized carbons (Fsp3) is 0.909. The molecule has 0 heterocycles. The van der Waals surface area contributed by atoms with Crippen molar-refractivity contribution in [3.63, 3.8) is 0 Å². The number of thioether (sulfide) groups is 2. The van der Waals surface area contributed by atoms with Crippen LogP contribution in [0.5, 0.6) is 0 Å². The highest BCUT2D eigenvalue weighted by atomic mass is 32.2. The van der Waals surface area contributed by atoms with E-state index in [1.807, 2.05) is 23.5 Å². The molecule has 0 saturated heterocycles. The summed E-state index contributed by atoms with van der Waals surface area (Å²) in [7, 11) is 0. The van der Waals surface area contributed by atoms with Crippen LogP contribution in [-0.2, 0) is 0 Å². The van der Waals surface area contributed by atoms with E-state index in [1.165, 1.54) is 51.4 Å². The predicted molar refractivity (Wildman–Crippen MR) is 142 cm³/mol. The molecule has 0 N–H and O–H groups in total. The zero-order valence-corrected chi connectivity index (χ0v) is 22.4. The number of thiocarbonyl (C=S) groups is 2. The van der Waals surface area contributed by atoms with Crippen molar-refractivity contribution in [3.8, 4) is 0 Å². The summed E-state index contributed by atoms with van der Waals surface area (Å²) >= 11 is 15.1. The normalized spacial score (nSPS) is 11.3. The fourth-order valence-corrected chi connectivity index (χ4v) is 6.02. The molecule has 0 bridgehead atoms. The molecule has 6 heteroatoms. The van der Waals surface area contributed by atoms with Gasteiger partial charge in [-0.05, 0) is 40.5 Å². The van der Waals surface area contributed by atoms with Crippen LogP contribution in [0.25, 0.3) is 0 Å². The number of rotatable bonds is 15. The summed E-state index contributed by atoms with van der Waals surface area (Å²) in [6.07, 6.45) is 10.3. The minimum Gasteiger partial charge on any atom is -0.355 e. The lowest BCUT2D eigenvalue weighted by Gasteiger charge is -2.30. The topological polar surface area (TPSA) is 6.48 Å². The van der Waals surface area contributed by atoms with Crippen molar-refractivity contribution < 1.29 is 0 Å². The zero-order valence-electron chi connectivity index (χ0n) is 19.2. The molecule has 0 aromatic carbocycles. The van der Waals surface area contributed by atoms with Gasteiger partial charge in [0.1, 0.15) is 8.64 Å². The minimum atomic E-state index is 0.481. The van der Waals surface area contributed by atoms with Gasteiger partial charge in [-0.15, -0.1) is 0 Å². The summed E-state index contributed by atoms with van der Waals surface area (Å²) in [6.45, 7) is 15.7. The highest BCUT2D eigenvalue weighted by Gasteiger charge is 2.15. The molecule has 2 nitrogen and oxygen atoms in total. The largest absolute Gasteiger partial charge is 0.355 e. The molecule has 0 aliphatic rings. The Hall–Kier alpha value is 0.480. The van der Waals surface area contributed by atoms with Gasteiger partial charge < -0.3 is 9.80 Å². The van der Waals surface area contributed by atoms with Crippen LogP contribution in [0.4, 0.5) is 0 Å². The summed E-state index contributed by atoms with van der Waals surface area (Å²) < 4.78 is 2.11. The van der Waals surface area contributed by atoms with Gasteiger partial charge in [0.25, 0.3) is 0 Å². The molecule has 0 aliphatic carbocycles. The number of hydrogen-bond acceptors (Lipinski definition) is 4. The van der Waals surface area contributed by atoms with Crippen molar-refractivity contribution in [2.75, 3.05) is 24.6 Å². The van der Waals surface area contributed by atoms with Crippen LogP contribution in [-0.4, -0.2) is 55.1 Å². The Morgan fingerprint density at radius 3 is 1.29 bits per heavy atom. The van der Waals surface area contributed by atoms with E-state index in [4.69, 9.17) is 24.4 Å². The lowest BCUT2D eigenvalue weighted by Crippen LogP contribution is -2.36. The molecule has 0 amide bonds. The molecule has 28 heavy (non-hydrogen) atoms. The summed E-state index contributed by atoms with van der Waals surface area (Å²) in [5, 5.41) is 0. The molecule has 0 fully saturated rings. The summed E-state index contributed by atoms with van der Waals surface area (Å²) in [5.74, 6) is 2.06. The van der Waals surface area contributed by atoms with Gasteiger partial charge >= 0.3 is 0 Å². The van der Waals surface area contributed by atoms with Crippen molar-refractivity contribution in [3.05, 3.63) is 0 Å². The van der Waals surface area contributed by atoms with Gasteiger partial charge in [-0.3, -0.25) is 0 Å². The molecule has 166 valence electrons. The van der Waals surface area contributed by atoms with Gasteiger partial charge in [0.15, 0.2) is 0 Å². The highest BCUT2D eigenvalue weighted by Crippen LogP contribution is 2.19. The van der Waals surface area contributed by atoms with Crippen LogP contribution < -0.4 is 0 Å². The summed E-state index contributed by atoms with van der Waals surface area (Å²) in [6, 6.07) is 0.963. The standard InChI is InChI=1S/C22H44N2S4/c1-7-9-11-13-15-23(19(3)4)21(25)27-17-18-28-22(26)24(20(5)6)16-14-12-10-8-2/h19-20H,7-18H2,1-6H3. The minimum absolute atomic E-state index is 0.481. The first-order chi connectivity index (χ1) is 13.3. The van der Waals surface area contributed by atoms with E-state index >= 15 is 0 Å². The third-order valence-electron chi connectivity index (χ3n) is 4.76. The number of nitrogens with zero attached hydrogens (tertiary/aromatic N) is 2. The molecule has 0 aliphatic heterocycles. The molecule has 0 rings (SSSR count). The molecule has 0 spiro atoms. The Bertz CT molecular complexity index is 375. The summed E-state index contributed by atoms with van der Waals surface area (Å²) in [5.41, 5.74) is 0. The van der Waals surface area contributed by atoms with E-state index in [1.54, 1.807) is 0 Å². The Morgan fingerprint density at radius 1 is 0.643 bits per heavy atom. The van der Waals surface area contributed by atoms with E-state index in [2.05, 4.69) is 51.3 Å². The Labute approximate surface area is 195 Å². The number of unbranched alkanes of at least 4 members (excludes halogenated alkanes) is 6. The lowest BCUT2D eigenvalue weighted by molar-refractivity contribution is 0.350. The molecule has 0 unspecified atom stereocenters. The van der Waals surface area contributed by atoms with Gasteiger partial charge in [0.2, 0.25) is 0 Å². The van der Waals surface area contributed by atoms with Crippen LogP contribution in [0.15, 0.2) is 0 Å². The van der Waals surface area contributed by atoms with Crippen LogP contribution >= 0.6 is 48.0 Å². The molecule has 0 aromatic heterocycles. The molecule has 0 saturated carbocycles. The van der Waals surface area contributed by atoms with Crippen LogP contribution in [0, 0.1) is 0 Å². The molecular weight excluding hydrogens is 421 g/mol. The second kappa shape index (κ2) is 18.3. The van der Waals surface area contributed by atoms with E-state index < -0.39 is 0 Å². The van der Waals surface area contributed by atoms with Crippen molar-refractivity contribution in [1.82, 2.24) is 9.80 Å². The van der Waals surface area contributed by atoms with E-state index in [0.29, 0.717) is 12.1 Å². The highest BCUT2D eigenvalue weighted by molar-refractivity contribution is 8.25. The maximum atomic E-state index is 5.72. The van der Waals surface area contributed by atoms with Crippen molar-refractivity contribution >= 4 is 56.6 Å². The third kappa shape index (κ3) is 13.7. The second-order valence-corrected chi connectivity index (χ2v) is 11.4. The monoisotopic (exact) mass is 464 g/mol. The van der Waals surface area contributed by atoms with Gasteiger partial charge in [-0.25, -0.2) is 0 Å². The van der Waals surface area contributed by atoms with Crippen LogP contribution in [0.3, 0.4) is 0 Å². The zero-order chi connectivity index (χ0) is 21.4. The number of hydrogen-bond donors (Lipinski definition) is 0. The lowest BCUT2D eigenvalue weighted by atomic mass is 10.2. The molecule has 0 atom stereocenters. The van der Waals surface area contributed by atoms with E-state index in [-0.39, 0.29) is 0 Å². The molecule has 0 aromatic rings. The average molecular weight is 465 g/mol. The third-order valence-corrected chi connectivity index (χ3v) is 7.97. The van der Waals surface area contributed by atoms with Gasteiger partial charge in [0, 0.05) is 36.7 Å². The van der Waals surface area contributed by atoms with Crippen LogP contribution in [0.1, 0.15) is 92.9 Å². The smallest absolute Gasteiger partial charge is 0.136 e. The van der Waals surface area contributed by atoms with Gasteiger partial charge in [-0.1, -0.05) is 100 Å². The van der Waals surface area contributed by atoms with E-state index in [0.717, 1.165) is 33.2 Å². The second-order valence-electron chi connectivity index (χ2n) is 7.92. The van der Waals surface area contributed by atoms with Crippen LogP contribution in [0.2, 0.25) is 0 Å². The molecular formula is C22H44N2S4. The first-order valence-electron chi connectivity index (χ1n) is 11.2. The molecule has 0 radical (unpaired) electrons. The van der Waals surface area contributed by atoms with Crippen molar-refractivity contribution in [2.45, 2.75) is 105 Å².